The minimum absolute atomic E-state index is 0.205. The maximum Gasteiger partial charge on any atom is 0.189 e. The molecule has 29 heavy (non-hydrogen) atoms. The minimum atomic E-state index is 0.205. The number of thiazole rings is 1. The highest BCUT2D eigenvalue weighted by molar-refractivity contribution is 7.13. The molecule has 4 heterocycles. The lowest BCUT2D eigenvalue weighted by molar-refractivity contribution is 0.506. The number of anilines is 3. The van der Waals surface area contributed by atoms with Gasteiger partial charge in [-0.3, -0.25) is 4.98 Å². The molecule has 1 aliphatic heterocycles. The highest BCUT2D eigenvalue weighted by atomic mass is 32.1. The lowest BCUT2D eigenvalue weighted by atomic mass is 10.1. The summed E-state index contributed by atoms with van der Waals surface area (Å²) in [5, 5.41) is 7.26. The molecule has 8 heteroatoms. The highest BCUT2D eigenvalue weighted by Gasteiger charge is 2.20. The summed E-state index contributed by atoms with van der Waals surface area (Å²) in [6.07, 6.45) is 9.47. The van der Waals surface area contributed by atoms with Crippen LogP contribution in [0.15, 0.2) is 54.4 Å². The Kier molecular flexibility index (Phi) is 4.79. The number of fused-ring (bicyclic) bond motifs is 1. The molecule has 0 saturated carbocycles. The first kappa shape index (κ1) is 18.0. The second kappa shape index (κ2) is 7.73. The number of nitrogens with two attached hydrogens (primary N) is 1. The predicted molar refractivity (Wildman–Crippen MR) is 118 cm³/mol. The van der Waals surface area contributed by atoms with Crippen LogP contribution in [0.5, 0.6) is 0 Å². The van der Waals surface area contributed by atoms with Crippen molar-refractivity contribution in [1.29, 1.82) is 0 Å². The van der Waals surface area contributed by atoms with Crippen molar-refractivity contribution in [3.63, 3.8) is 0 Å². The van der Waals surface area contributed by atoms with Gasteiger partial charge in [0.15, 0.2) is 10.8 Å². The number of aromatic nitrogens is 4. The van der Waals surface area contributed by atoms with Gasteiger partial charge in [0.2, 0.25) is 0 Å². The number of rotatable bonds is 4. The zero-order valence-corrected chi connectivity index (χ0v) is 16.6. The zero-order chi connectivity index (χ0) is 19.6. The molecule has 0 radical (unpaired) electrons. The molecular weight excluding hydrogens is 382 g/mol. The van der Waals surface area contributed by atoms with E-state index in [1.54, 1.807) is 6.20 Å². The van der Waals surface area contributed by atoms with Crippen LogP contribution in [0.25, 0.3) is 21.7 Å². The quantitative estimate of drug-likeness (QED) is 0.535. The molecule has 1 aromatic carbocycles. The number of piperidine rings is 1. The van der Waals surface area contributed by atoms with Crippen molar-refractivity contribution < 1.29 is 0 Å². The Balaban J connectivity index is 1.53. The molecule has 1 atom stereocenters. The van der Waals surface area contributed by atoms with Crippen LogP contribution in [0.2, 0.25) is 0 Å². The number of hydrogen-bond donors (Lipinski definition) is 2. The summed E-state index contributed by atoms with van der Waals surface area (Å²) >= 11 is 1.53. The Bertz CT molecular complexity index is 1130. The molecule has 0 bridgehead atoms. The minimum Gasteiger partial charge on any atom is -0.368 e. The fraction of sp³-hybridized carbons (Fsp3) is 0.238. The molecule has 1 fully saturated rings. The standard InChI is InChI=1S/C21H21N7S/c22-15-4-2-9-28(13-15)18-6-7-23-12-17(18)26-16-5-1-3-14-11-25-20(27-19(14)16)21-24-8-10-29-21/h1,3,5-8,10-12,15,26H,2,4,9,13,22H2/t15-/m0/s1. The highest BCUT2D eigenvalue weighted by Crippen LogP contribution is 2.32. The third-order valence-electron chi connectivity index (χ3n) is 5.10. The second-order valence-corrected chi connectivity index (χ2v) is 8.03. The number of para-hydroxylation sites is 1. The van der Waals surface area contributed by atoms with Crippen LogP contribution in [0.1, 0.15) is 12.8 Å². The molecule has 0 spiro atoms. The number of hydrogen-bond acceptors (Lipinski definition) is 8. The van der Waals surface area contributed by atoms with Crippen molar-refractivity contribution in [3.05, 3.63) is 54.4 Å². The lowest BCUT2D eigenvalue weighted by Gasteiger charge is -2.33. The monoisotopic (exact) mass is 403 g/mol. The summed E-state index contributed by atoms with van der Waals surface area (Å²) in [4.78, 5) is 20.3. The summed E-state index contributed by atoms with van der Waals surface area (Å²) in [5.74, 6) is 0.634. The number of nitrogens with one attached hydrogen (secondary N) is 1. The van der Waals surface area contributed by atoms with E-state index in [-0.39, 0.29) is 6.04 Å². The van der Waals surface area contributed by atoms with Crippen molar-refractivity contribution in [2.45, 2.75) is 18.9 Å². The first-order chi connectivity index (χ1) is 14.3. The zero-order valence-electron chi connectivity index (χ0n) is 15.8. The van der Waals surface area contributed by atoms with Crippen molar-refractivity contribution in [2.75, 3.05) is 23.3 Å². The summed E-state index contributed by atoms with van der Waals surface area (Å²) < 4.78 is 0. The third kappa shape index (κ3) is 3.64. The van der Waals surface area contributed by atoms with E-state index < -0.39 is 0 Å². The average molecular weight is 404 g/mol. The first-order valence-corrected chi connectivity index (χ1v) is 10.5. The molecule has 4 aromatic rings. The van der Waals surface area contributed by atoms with Gasteiger partial charge in [-0.25, -0.2) is 15.0 Å². The molecular formula is C21H21N7S. The van der Waals surface area contributed by atoms with Crippen molar-refractivity contribution in [3.8, 4) is 10.8 Å². The van der Waals surface area contributed by atoms with Gasteiger partial charge in [-0.05, 0) is 25.0 Å². The maximum atomic E-state index is 6.20. The van der Waals surface area contributed by atoms with Crippen LogP contribution in [0, 0.1) is 0 Å². The second-order valence-electron chi connectivity index (χ2n) is 7.14. The van der Waals surface area contributed by atoms with Gasteiger partial charge in [-0.1, -0.05) is 12.1 Å². The third-order valence-corrected chi connectivity index (χ3v) is 5.87. The van der Waals surface area contributed by atoms with E-state index in [9.17, 15) is 0 Å². The molecule has 3 aromatic heterocycles. The van der Waals surface area contributed by atoms with Gasteiger partial charge in [0.05, 0.1) is 28.8 Å². The van der Waals surface area contributed by atoms with E-state index in [1.807, 2.05) is 48.2 Å². The summed E-state index contributed by atoms with van der Waals surface area (Å²) in [7, 11) is 0. The molecule has 7 nitrogen and oxygen atoms in total. The average Bonchev–Trinajstić information content (AvgIpc) is 3.29. The van der Waals surface area contributed by atoms with Gasteiger partial charge >= 0.3 is 0 Å². The van der Waals surface area contributed by atoms with E-state index in [0.717, 1.165) is 58.9 Å². The lowest BCUT2D eigenvalue weighted by Crippen LogP contribution is -2.43. The van der Waals surface area contributed by atoms with Crippen LogP contribution >= 0.6 is 11.3 Å². The molecule has 5 rings (SSSR count). The smallest absolute Gasteiger partial charge is 0.189 e. The maximum absolute atomic E-state index is 6.20. The van der Waals surface area contributed by atoms with Gasteiger partial charge < -0.3 is 16.0 Å². The molecule has 0 unspecified atom stereocenters. The fourth-order valence-electron chi connectivity index (χ4n) is 3.73. The first-order valence-electron chi connectivity index (χ1n) is 9.65. The van der Waals surface area contributed by atoms with E-state index >= 15 is 0 Å². The summed E-state index contributed by atoms with van der Waals surface area (Å²) in [6.45, 7) is 1.85. The Labute approximate surface area is 172 Å². The summed E-state index contributed by atoms with van der Waals surface area (Å²) in [5.41, 5.74) is 10.0. The van der Waals surface area contributed by atoms with E-state index in [1.165, 1.54) is 11.3 Å². The van der Waals surface area contributed by atoms with Crippen LogP contribution in [0.4, 0.5) is 17.1 Å². The van der Waals surface area contributed by atoms with Crippen molar-refractivity contribution >= 4 is 39.3 Å². The molecule has 1 aliphatic rings. The molecule has 1 saturated heterocycles. The van der Waals surface area contributed by atoms with Crippen LogP contribution in [0.3, 0.4) is 0 Å². The topological polar surface area (TPSA) is 92.8 Å². The van der Waals surface area contributed by atoms with E-state index in [2.05, 4.69) is 25.2 Å². The Morgan fingerprint density at radius 3 is 2.93 bits per heavy atom. The van der Waals surface area contributed by atoms with Crippen molar-refractivity contribution in [2.24, 2.45) is 5.73 Å². The Morgan fingerprint density at radius 1 is 1.10 bits per heavy atom. The molecule has 0 amide bonds. The fourth-order valence-corrected chi connectivity index (χ4v) is 4.30. The predicted octanol–water partition coefficient (Wildman–Crippen LogP) is 3.82. The number of pyridine rings is 1. The van der Waals surface area contributed by atoms with Crippen LogP contribution < -0.4 is 16.0 Å². The van der Waals surface area contributed by atoms with Gasteiger partial charge in [-0.2, -0.15) is 0 Å². The molecule has 146 valence electrons. The van der Waals surface area contributed by atoms with Gasteiger partial charge in [0.25, 0.3) is 0 Å². The van der Waals surface area contributed by atoms with Crippen molar-refractivity contribution in [1.82, 2.24) is 19.9 Å². The van der Waals surface area contributed by atoms with Gasteiger partial charge in [0.1, 0.15) is 0 Å². The summed E-state index contributed by atoms with van der Waals surface area (Å²) in [6, 6.07) is 8.29. The molecule has 3 N–H and O–H groups in total. The van der Waals surface area contributed by atoms with Gasteiger partial charge in [-0.15, -0.1) is 11.3 Å². The van der Waals surface area contributed by atoms with Crippen LogP contribution in [-0.2, 0) is 0 Å². The van der Waals surface area contributed by atoms with E-state index in [4.69, 9.17) is 10.7 Å². The van der Waals surface area contributed by atoms with Crippen LogP contribution in [-0.4, -0.2) is 39.1 Å². The van der Waals surface area contributed by atoms with Gasteiger partial charge in [0, 0.05) is 48.5 Å². The normalized spacial score (nSPS) is 16.9. The Hall–Kier alpha value is -3.10. The largest absolute Gasteiger partial charge is 0.368 e. The molecule has 0 aliphatic carbocycles. The van der Waals surface area contributed by atoms with E-state index in [0.29, 0.717) is 5.82 Å². The SMILES string of the molecule is N[C@H]1CCCN(c2ccncc2Nc2cccc3cnc(-c4nccs4)nc23)C1. The number of benzene rings is 1. The number of nitrogens with zero attached hydrogens (tertiary/aromatic N) is 5. The Morgan fingerprint density at radius 2 is 2.07 bits per heavy atom.